The molecule has 0 amide bonds. The summed E-state index contributed by atoms with van der Waals surface area (Å²) in [5.41, 5.74) is 0. The molecule has 2 bridgehead atoms. The Hall–Kier alpha value is -0.580. The predicted octanol–water partition coefficient (Wildman–Crippen LogP) is 1.12. The third-order valence-corrected chi connectivity index (χ3v) is 5.28. The number of ether oxygens (including phenoxy) is 2. The molecule has 3 aliphatic rings. The molecule has 0 N–H and O–H groups in total. The SMILES string of the molecule is CCOC(=O)[C@H]1[C@H]2C[C@@H]3[C@H](OC(=O)[C@@H]31)[C@@H]2Br. The van der Waals surface area contributed by atoms with E-state index >= 15 is 0 Å². The minimum absolute atomic E-state index is 0.0202. The monoisotopic (exact) mass is 288 g/mol. The van der Waals surface area contributed by atoms with Gasteiger partial charge in [-0.15, -0.1) is 0 Å². The van der Waals surface area contributed by atoms with Crippen LogP contribution in [0.25, 0.3) is 0 Å². The third kappa shape index (κ3) is 1.15. The minimum Gasteiger partial charge on any atom is -0.466 e. The number of rotatable bonds is 2. The quantitative estimate of drug-likeness (QED) is 0.564. The second kappa shape index (κ2) is 3.45. The molecular weight excluding hydrogens is 276 g/mol. The number of esters is 2. The van der Waals surface area contributed by atoms with Gasteiger partial charge in [0.1, 0.15) is 6.10 Å². The fourth-order valence-electron chi connectivity index (χ4n) is 3.53. The van der Waals surface area contributed by atoms with E-state index in [1.54, 1.807) is 6.92 Å². The molecule has 5 heteroatoms. The number of fused-ring (bicyclic) bond motifs is 1. The molecule has 0 radical (unpaired) electrons. The zero-order valence-corrected chi connectivity index (χ0v) is 10.5. The molecule has 2 aliphatic carbocycles. The van der Waals surface area contributed by atoms with Crippen molar-refractivity contribution in [1.29, 1.82) is 0 Å². The molecule has 4 nitrogen and oxygen atoms in total. The number of alkyl halides is 1. The number of carbonyl (C=O) groups is 2. The van der Waals surface area contributed by atoms with Crippen LogP contribution in [-0.4, -0.2) is 29.5 Å². The lowest BCUT2D eigenvalue weighted by atomic mass is 9.80. The molecule has 16 heavy (non-hydrogen) atoms. The zero-order chi connectivity index (χ0) is 11.4. The maximum Gasteiger partial charge on any atom is 0.310 e. The van der Waals surface area contributed by atoms with Crippen LogP contribution < -0.4 is 0 Å². The van der Waals surface area contributed by atoms with Crippen LogP contribution in [0.2, 0.25) is 0 Å². The smallest absolute Gasteiger partial charge is 0.310 e. The van der Waals surface area contributed by atoms with Gasteiger partial charge in [-0.1, -0.05) is 15.9 Å². The van der Waals surface area contributed by atoms with Crippen LogP contribution >= 0.6 is 15.9 Å². The first-order valence-electron chi connectivity index (χ1n) is 5.66. The molecule has 1 aliphatic heterocycles. The summed E-state index contributed by atoms with van der Waals surface area (Å²) in [4.78, 5) is 23.7. The average Bonchev–Trinajstić information content (AvgIpc) is 2.82. The van der Waals surface area contributed by atoms with Gasteiger partial charge in [0.15, 0.2) is 0 Å². The van der Waals surface area contributed by atoms with Crippen LogP contribution in [0, 0.1) is 23.7 Å². The van der Waals surface area contributed by atoms with Gasteiger partial charge in [0.05, 0.1) is 23.3 Å². The zero-order valence-electron chi connectivity index (χ0n) is 8.89. The van der Waals surface area contributed by atoms with E-state index in [0.29, 0.717) is 6.61 Å². The Labute approximate surface area is 102 Å². The van der Waals surface area contributed by atoms with Crippen molar-refractivity contribution in [2.75, 3.05) is 6.61 Å². The molecule has 3 fully saturated rings. The van der Waals surface area contributed by atoms with Gasteiger partial charge in [-0.2, -0.15) is 0 Å². The molecule has 0 unspecified atom stereocenters. The fourth-order valence-corrected chi connectivity index (χ4v) is 4.58. The Morgan fingerprint density at radius 1 is 1.56 bits per heavy atom. The summed E-state index contributed by atoms with van der Waals surface area (Å²) < 4.78 is 10.4. The Morgan fingerprint density at radius 2 is 2.31 bits per heavy atom. The topological polar surface area (TPSA) is 52.6 Å². The van der Waals surface area contributed by atoms with E-state index in [1.165, 1.54) is 0 Å². The van der Waals surface area contributed by atoms with E-state index in [-0.39, 0.29) is 46.5 Å². The molecule has 0 aromatic carbocycles. The van der Waals surface area contributed by atoms with Gasteiger partial charge >= 0.3 is 11.9 Å². The maximum absolute atomic E-state index is 11.9. The Balaban J connectivity index is 1.90. The predicted molar refractivity (Wildman–Crippen MR) is 57.8 cm³/mol. The maximum atomic E-state index is 11.9. The third-order valence-electron chi connectivity index (χ3n) is 4.08. The van der Waals surface area contributed by atoms with Crippen molar-refractivity contribution in [2.24, 2.45) is 23.7 Å². The molecule has 2 saturated carbocycles. The van der Waals surface area contributed by atoms with Gasteiger partial charge in [0, 0.05) is 5.92 Å². The number of halogens is 1. The Morgan fingerprint density at radius 3 is 3.00 bits per heavy atom. The molecule has 3 rings (SSSR count). The van der Waals surface area contributed by atoms with Gasteiger partial charge in [-0.25, -0.2) is 0 Å². The van der Waals surface area contributed by atoms with Crippen molar-refractivity contribution in [3.8, 4) is 0 Å². The molecule has 0 spiro atoms. The first-order chi connectivity index (χ1) is 7.65. The van der Waals surface area contributed by atoms with Gasteiger partial charge in [0.2, 0.25) is 0 Å². The molecular formula is C11H13BrO4. The summed E-state index contributed by atoms with van der Waals surface area (Å²) in [5.74, 6) is -0.565. The number of hydrogen-bond acceptors (Lipinski definition) is 4. The molecule has 1 heterocycles. The Bertz CT molecular complexity index is 356. The first-order valence-corrected chi connectivity index (χ1v) is 6.58. The highest BCUT2D eigenvalue weighted by molar-refractivity contribution is 9.09. The van der Waals surface area contributed by atoms with Crippen molar-refractivity contribution in [1.82, 2.24) is 0 Å². The van der Waals surface area contributed by atoms with Crippen LogP contribution in [0.3, 0.4) is 0 Å². The highest BCUT2D eigenvalue weighted by Gasteiger charge is 2.68. The lowest BCUT2D eigenvalue weighted by Gasteiger charge is -2.26. The highest BCUT2D eigenvalue weighted by atomic mass is 79.9. The first kappa shape index (κ1) is 10.6. The fraction of sp³-hybridized carbons (Fsp3) is 0.818. The van der Waals surface area contributed by atoms with Gasteiger partial charge in [-0.3, -0.25) is 9.59 Å². The van der Waals surface area contributed by atoms with Crippen LogP contribution in [0.4, 0.5) is 0 Å². The molecule has 1 saturated heterocycles. The van der Waals surface area contributed by atoms with Gasteiger partial charge in [-0.05, 0) is 19.3 Å². The van der Waals surface area contributed by atoms with E-state index in [4.69, 9.17) is 9.47 Å². The largest absolute Gasteiger partial charge is 0.466 e. The standard InChI is InChI=1S/C11H13BrO4/c1-2-15-10(13)6-4-3-5-7(6)11(14)16-9(5)8(4)12/h4-9H,2-3H2,1H3/t4-,5+,6+,7+,8-,9+/m1/s1. The van der Waals surface area contributed by atoms with E-state index in [1.807, 2.05) is 0 Å². The van der Waals surface area contributed by atoms with E-state index < -0.39 is 0 Å². The second-order valence-corrected chi connectivity index (χ2v) is 5.77. The highest BCUT2D eigenvalue weighted by Crippen LogP contribution is 2.60. The van der Waals surface area contributed by atoms with Crippen molar-refractivity contribution < 1.29 is 19.1 Å². The molecule has 6 atom stereocenters. The summed E-state index contributed by atoms with van der Waals surface area (Å²) in [5, 5.41) is 0. The van der Waals surface area contributed by atoms with Crippen molar-refractivity contribution in [3.63, 3.8) is 0 Å². The van der Waals surface area contributed by atoms with Gasteiger partial charge < -0.3 is 9.47 Å². The second-order valence-electron chi connectivity index (χ2n) is 4.71. The number of carbonyl (C=O) groups excluding carboxylic acids is 2. The van der Waals surface area contributed by atoms with Gasteiger partial charge in [0.25, 0.3) is 0 Å². The lowest BCUT2D eigenvalue weighted by molar-refractivity contribution is -0.155. The normalized spacial score (nSPS) is 48.2. The molecule has 0 aromatic heterocycles. The van der Waals surface area contributed by atoms with E-state index in [0.717, 1.165) is 6.42 Å². The van der Waals surface area contributed by atoms with E-state index in [9.17, 15) is 9.59 Å². The molecule has 88 valence electrons. The number of hydrogen-bond donors (Lipinski definition) is 0. The molecule has 0 aromatic rings. The Kier molecular flexibility index (Phi) is 2.28. The van der Waals surface area contributed by atoms with Crippen LogP contribution in [0.5, 0.6) is 0 Å². The summed E-state index contributed by atoms with van der Waals surface area (Å²) >= 11 is 3.55. The minimum atomic E-state index is -0.291. The van der Waals surface area contributed by atoms with E-state index in [2.05, 4.69) is 15.9 Å². The van der Waals surface area contributed by atoms with Crippen molar-refractivity contribution in [2.45, 2.75) is 24.3 Å². The van der Waals surface area contributed by atoms with Crippen LogP contribution in [-0.2, 0) is 19.1 Å². The summed E-state index contributed by atoms with van der Waals surface area (Å²) in [6, 6.07) is 0. The summed E-state index contributed by atoms with van der Waals surface area (Å²) in [6.45, 7) is 2.15. The van der Waals surface area contributed by atoms with Crippen molar-refractivity contribution in [3.05, 3.63) is 0 Å². The van der Waals surface area contributed by atoms with Crippen LogP contribution in [0.1, 0.15) is 13.3 Å². The lowest BCUT2D eigenvalue weighted by Crippen LogP contribution is -2.38. The van der Waals surface area contributed by atoms with Crippen LogP contribution in [0.15, 0.2) is 0 Å². The average molecular weight is 289 g/mol. The summed E-state index contributed by atoms with van der Waals surface area (Å²) in [7, 11) is 0. The summed E-state index contributed by atoms with van der Waals surface area (Å²) in [6.07, 6.45) is 0.883. The van der Waals surface area contributed by atoms with Crippen molar-refractivity contribution >= 4 is 27.9 Å².